The van der Waals surface area contributed by atoms with Crippen molar-refractivity contribution in [2.24, 2.45) is 4.99 Å². The van der Waals surface area contributed by atoms with Crippen molar-refractivity contribution in [2.45, 2.75) is 33.2 Å². The van der Waals surface area contributed by atoms with Crippen LogP contribution in [-0.2, 0) is 19.6 Å². The fourth-order valence-corrected chi connectivity index (χ4v) is 3.06. The molecule has 0 saturated carbocycles. The highest BCUT2D eigenvalue weighted by atomic mass is 127. The van der Waals surface area contributed by atoms with Gasteiger partial charge < -0.3 is 24.7 Å². The average molecular weight is 571 g/mol. The molecule has 33 heavy (non-hydrogen) atoms. The molecule has 0 saturated heterocycles. The van der Waals surface area contributed by atoms with E-state index in [0.29, 0.717) is 30.4 Å². The summed E-state index contributed by atoms with van der Waals surface area (Å²) in [6, 6.07) is 12.9. The molecule has 0 aliphatic rings. The van der Waals surface area contributed by atoms with E-state index in [1.807, 2.05) is 29.8 Å². The van der Waals surface area contributed by atoms with E-state index in [0.717, 1.165) is 12.1 Å². The SMILES string of the molecule is CCNC(=NCc1ccc(Cn2ccnc2)cc1)NCc1cc(OC)ccc1OC(F)F.I. The van der Waals surface area contributed by atoms with Crippen molar-refractivity contribution in [3.8, 4) is 11.5 Å². The summed E-state index contributed by atoms with van der Waals surface area (Å²) in [5, 5.41) is 6.32. The van der Waals surface area contributed by atoms with Crippen LogP contribution in [0.4, 0.5) is 8.78 Å². The summed E-state index contributed by atoms with van der Waals surface area (Å²) in [5.41, 5.74) is 2.77. The van der Waals surface area contributed by atoms with Gasteiger partial charge in [0.05, 0.1) is 20.0 Å². The van der Waals surface area contributed by atoms with Crippen LogP contribution in [-0.4, -0.2) is 35.8 Å². The number of aliphatic imine (C=N–C) groups is 1. The maximum Gasteiger partial charge on any atom is 0.387 e. The summed E-state index contributed by atoms with van der Waals surface area (Å²) in [6.45, 7) is 1.19. The molecule has 0 atom stereocenters. The van der Waals surface area contributed by atoms with Gasteiger partial charge in [0, 0.05) is 37.6 Å². The van der Waals surface area contributed by atoms with E-state index in [4.69, 9.17) is 4.74 Å². The Hall–Kier alpha value is -2.89. The average Bonchev–Trinajstić information content (AvgIpc) is 3.30. The topological polar surface area (TPSA) is 72.7 Å². The molecule has 3 aromatic rings. The molecule has 0 aliphatic carbocycles. The van der Waals surface area contributed by atoms with Crippen molar-refractivity contribution in [3.05, 3.63) is 77.9 Å². The van der Waals surface area contributed by atoms with Gasteiger partial charge in [-0.25, -0.2) is 9.98 Å². The second-order valence-electron chi connectivity index (χ2n) is 6.95. The number of guanidine groups is 1. The Balaban J connectivity index is 0.00000385. The first-order valence-corrected chi connectivity index (χ1v) is 10.2. The van der Waals surface area contributed by atoms with Crippen molar-refractivity contribution < 1.29 is 18.3 Å². The third-order valence-electron chi connectivity index (χ3n) is 4.64. The zero-order valence-corrected chi connectivity index (χ0v) is 20.8. The highest BCUT2D eigenvalue weighted by Gasteiger charge is 2.11. The molecular formula is C23H28F2IN5O2. The van der Waals surface area contributed by atoms with Crippen LogP contribution in [0.5, 0.6) is 11.5 Å². The summed E-state index contributed by atoms with van der Waals surface area (Å²) in [7, 11) is 1.52. The van der Waals surface area contributed by atoms with E-state index in [-0.39, 0.29) is 36.3 Å². The fraction of sp³-hybridized carbons (Fsp3) is 0.304. The Morgan fingerprint density at radius 1 is 1.12 bits per heavy atom. The van der Waals surface area contributed by atoms with Gasteiger partial charge in [-0.05, 0) is 36.2 Å². The second-order valence-corrected chi connectivity index (χ2v) is 6.95. The van der Waals surface area contributed by atoms with Crippen LogP contribution < -0.4 is 20.1 Å². The van der Waals surface area contributed by atoms with E-state index in [9.17, 15) is 8.78 Å². The molecule has 0 spiro atoms. The van der Waals surface area contributed by atoms with Crippen LogP contribution in [0.2, 0.25) is 0 Å². The smallest absolute Gasteiger partial charge is 0.387 e. The first-order valence-electron chi connectivity index (χ1n) is 10.2. The number of nitrogens with zero attached hydrogens (tertiary/aromatic N) is 3. The lowest BCUT2D eigenvalue weighted by Gasteiger charge is -2.15. The predicted octanol–water partition coefficient (Wildman–Crippen LogP) is 4.41. The fourth-order valence-electron chi connectivity index (χ4n) is 3.06. The minimum absolute atomic E-state index is 0. The van der Waals surface area contributed by atoms with E-state index < -0.39 is 6.61 Å². The molecule has 3 rings (SSSR count). The number of alkyl halides is 2. The third kappa shape index (κ3) is 8.52. The number of hydrogen-bond acceptors (Lipinski definition) is 4. The molecule has 1 aromatic heterocycles. The number of nitrogens with one attached hydrogen (secondary N) is 2. The molecule has 0 amide bonds. The Kier molecular flexibility index (Phi) is 10.9. The minimum Gasteiger partial charge on any atom is -0.497 e. The zero-order chi connectivity index (χ0) is 22.8. The van der Waals surface area contributed by atoms with Crippen molar-refractivity contribution in [3.63, 3.8) is 0 Å². The predicted molar refractivity (Wildman–Crippen MR) is 134 cm³/mol. The first-order chi connectivity index (χ1) is 15.6. The summed E-state index contributed by atoms with van der Waals surface area (Å²) in [5.74, 6) is 1.22. The molecule has 0 radical (unpaired) electrons. The van der Waals surface area contributed by atoms with Crippen LogP contribution >= 0.6 is 24.0 Å². The van der Waals surface area contributed by atoms with Crippen molar-refractivity contribution >= 4 is 29.9 Å². The summed E-state index contributed by atoms with van der Waals surface area (Å²) >= 11 is 0. The lowest BCUT2D eigenvalue weighted by Crippen LogP contribution is -2.36. The number of hydrogen-bond donors (Lipinski definition) is 2. The van der Waals surface area contributed by atoms with Gasteiger partial charge in [-0.15, -0.1) is 24.0 Å². The van der Waals surface area contributed by atoms with Crippen molar-refractivity contribution in [1.29, 1.82) is 0 Å². The van der Waals surface area contributed by atoms with E-state index in [1.165, 1.54) is 18.7 Å². The van der Waals surface area contributed by atoms with Gasteiger partial charge in [0.1, 0.15) is 11.5 Å². The Morgan fingerprint density at radius 3 is 2.52 bits per heavy atom. The molecule has 0 unspecified atom stereocenters. The molecule has 1 heterocycles. The number of methoxy groups -OCH3 is 1. The Morgan fingerprint density at radius 2 is 1.88 bits per heavy atom. The highest BCUT2D eigenvalue weighted by molar-refractivity contribution is 14.0. The lowest BCUT2D eigenvalue weighted by molar-refractivity contribution is -0.0504. The summed E-state index contributed by atoms with van der Waals surface area (Å²) < 4.78 is 37.3. The maximum atomic E-state index is 12.7. The number of ether oxygens (including phenoxy) is 2. The number of rotatable bonds is 10. The monoisotopic (exact) mass is 571 g/mol. The number of imidazole rings is 1. The van der Waals surface area contributed by atoms with E-state index in [2.05, 4.69) is 37.5 Å². The maximum absolute atomic E-state index is 12.7. The first kappa shape index (κ1) is 26.4. The highest BCUT2D eigenvalue weighted by Crippen LogP contribution is 2.25. The van der Waals surface area contributed by atoms with E-state index in [1.54, 1.807) is 24.7 Å². The summed E-state index contributed by atoms with van der Waals surface area (Å²) in [6.07, 6.45) is 5.46. The van der Waals surface area contributed by atoms with Gasteiger partial charge in [-0.1, -0.05) is 24.3 Å². The molecule has 0 aliphatic heterocycles. The standard InChI is InChI=1S/C23H27F2N5O2.HI/c1-3-27-23(29-14-19-12-20(31-2)8-9-21(19)32-22(24)25)28-13-17-4-6-18(7-5-17)15-30-11-10-26-16-30;/h4-12,16,22H,3,13-15H2,1-2H3,(H2,27,28,29);1H. The molecule has 178 valence electrons. The van der Waals surface area contributed by atoms with E-state index >= 15 is 0 Å². The van der Waals surface area contributed by atoms with Crippen LogP contribution in [0.15, 0.2) is 66.2 Å². The second kappa shape index (κ2) is 13.6. The number of halogens is 3. The number of aromatic nitrogens is 2. The van der Waals surface area contributed by atoms with Gasteiger partial charge in [-0.3, -0.25) is 0 Å². The van der Waals surface area contributed by atoms with Crippen LogP contribution in [0, 0.1) is 0 Å². The van der Waals surface area contributed by atoms with Gasteiger partial charge in [-0.2, -0.15) is 8.78 Å². The quantitative estimate of drug-likeness (QED) is 0.214. The molecule has 2 N–H and O–H groups in total. The summed E-state index contributed by atoms with van der Waals surface area (Å²) in [4.78, 5) is 8.65. The molecule has 7 nitrogen and oxygen atoms in total. The Bertz CT molecular complexity index is 999. The van der Waals surface area contributed by atoms with Gasteiger partial charge in [0.2, 0.25) is 0 Å². The van der Waals surface area contributed by atoms with Crippen LogP contribution in [0.1, 0.15) is 23.6 Å². The molecule has 2 aromatic carbocycles. The number of benzene rings is 2. The third-order valence-corrected chi connectivity index (χ3v) is 4.64. The lowest BCUT2D eigenvalue weighted by atomic mass is 10.1. The minimum atomic E-state index is -2.90. The van der Waals surface area contributed by atoms with Crippen LogP contribution in [0.3, 0.4) is 0 Å². The Labute approximate surface area is 209 Å². The van der Waals surface area contributed by atoms with Gasteiger partial charge in [0.25, 0.3) is 0 Å². The van der Waals surface area contributed by atoms with Crippen molar-refractivity contribution in [2.75, 3.05) is 13.7 Å². The normalized spacial score (nSPS) is 11.1. The largest absolute Gasteiger partial charge is 0.497 e. The van der Waals surface area contributed by atoms with Gasteiger partial charge >= 0.3 is 6.61 Å². The van der Waals surface area contributed by atoms with Crippen LogP contribution in [0.25, 0.3) is 0 Å². The molecule has 10 heteroatoms. The van der Waals surface area contributed by atoms with Gasteiger partial charge in [0.15, 0.2) is 5.96 Å². The van der Waals surface area contributed by atoms with Crippen molar-refractivity contribution in [1.82, 2.24) is 20.2 Å². The zero-order valence-electron chi connectivity index (χ0n) is 18.5. The molecule has 0 bridgehead atoms. The molecule has 0 fully saturated rings. The molecular weight excluding hydrogens is 543 g/mol.